The van der Waals surface area contributed by atoms with Crippen molar-refractivity contribution in [3.8, 4) is 45.3 Å². The molecule has 0 aliphatic carbocycles. The topological polar surface area (TPSA) is 124 Å². The van der Waals surface area contributed by atoms with E-state index in [1.54, 1.807) is 44.2 Å². The van der Waals surface area contributed by atoms with Crippen LogP contribution in [0.4, 0.5) is 4.39 Å². The van der Waals surface area contributed by atoms with Crippen LogP contribution >= 0.6 is 0 Å². The van der Waals surface area contributed by atoms with Crippen molar-refractivity contribution in [3.05, 3.63) is 145 Å². The Labute approximate surface area is 356 Å². The Morgan fingerprint density at radius 3 is 1.38 bits per heavy atom. The van der Waals surface area contributed by atoms with E-state index in [0.29, 0.717) is 59.8 Å². The average Bonchev–Trinajstić information content (AvgIpc) is 3.75. The van der Waals surface area contributed by atoms with E-state index < -0.39 is 17.8 Å². The quantitative estimate of drug-likeness (QED) is 0.0414. The third-order valence-electron chi connectivity index (χ3n) is 9.72. The van der Waals surface area contributed by atoms with Crippen molar-refractivity contribution >= 4 is 23.9 Å². The van der Waals surface area contributed by atoms with Gasteiger partial charge in [0.1, 0.15) is 29.5 Å². The normalized spacial score (nSPS) is 15.5. The first-order chi connectivity index (χ1) is 29.2. The molecule has 4 aromatic rings. The molecule has 0 saturated carbocycles. The van der Waals surface area contributed by atoms with Crippen LogP contribution in [0, 0.1) is 5.82 Å². The second-order valence-electron chi connectivity index (χ2n) is 14.9. The maximum Gasteiger partial charge on any atom is 0.338 e. The molecule has 2 aliphatic heterocycles. The van der Waals surface area contributed by atoms with Crippen molar-refractivity contribution in [1.82, 2.24) is 0 Å². The second-order valence-corrected chi connectivity index (χ2v) is 14.9. The maximum absolute atomic E-state index is 14.6. The van der Waals surface area contributed by atoms with E-state index in [2.05, 4.69) is 26.3 Å². The van der Waals surface area contributed by atoms with Crippen molar-refractivity contribution in [3.63, 3.8) is 0 Å². The van der Waals surface area contributed by atoms with Crippen molar-refractivity contribution in [1.29, 1.82) is 0 Å². The molecular weight excluding hydrogens is 780 g/mol. The highest BCUT2D eigenvalue weighted by Crippen LogP contribution is 2.29. The van der Waals surface area contributed by atoms with Gasteiger partial charge in [-0.3, -0.25) is 0 Å². The molecular formula is C50H51FO10. The Bertz CT molecular complexity index is 2140. The monoisotopic (exact) mass is 830 g/mol. The first kappa shape index (κ1) is 45.3. The molecule has 4 aromatic carbocycles. The van der Waals surface area contributed by atoms with Crippen molar-refractivity contribution in [2.24, 2.45) is 0 Å². The number of rotatable bonds is 18. The Morgan fingerprint density at radius 2 is 0.984 bits per heavy atom. The summed E-state index contributed by atoms with van der Waals surface area (Å²) >= 11 is 0. The lowest BCUT2D eigenvalue weighted by molar-refractivity contribution is -0.140. The summed E-state index contributed by atoms with van der Waals surface area (Å²) < 4.78 is 46.8. The molecule has 2 unspecified atom stereocenters. The van der Waals surface area contributed by atoms with Gasteiger partial charge in [-0.1, -0.05) is 68.8 Å². The molecule has 0 bridgehead atoms. The highest BCUT2D eigenvalue weighted by molar-refractivity contribution is 5.91. The second kappa shape index (κ2) is 22.0. The van der Waals surface area contributed by atoms with Crippen LogP contribution in [0.5, 0.6) is 23.0 Å². The van der Waals surface area contributed by atoms with E-state index >= 15 is 0 Å². The number of carbonyl (C=O) groups is 4. The van der Waals surface area contributed by atoms with Gasteiger partial charge >= 0.3 is 23.9 Å². The predicted molar refractivity (Wildman–Crippen MR) is 231 cm³/mol. The number of benzene rings is 4. The van der Waals surface area contributed by atoms with Crippen LogP contribution < -0.4 is 18.9 Å². The van der Waals surface area contributed by atoms with E-state index in [9.17, 15) is 23.6 Å². The van der Waals surface area contributed by atoms with Crippen molar-refractivity contribution in [2.75, 3.05) is 13.2 Å². The fourth-order valence-corrected chi connectivity index (χ4v) is 6.27. The highest BCUT2D eigenvalue weighted by atomic mass is 19.1. The summed E-state index contributed by atoms with van der Waals surface area (Å²) in [6.07, 6.45) is 5.95. The molecule has 61 heavy (non-hydrogen) atoms. The smallest absolute Gasteiger partial charge is 0.338 e. The van der Waals surface area contributed by atoms with Gasteiger partial charge in [0.05, 0.1) is 13.2 Å². The lowest BCUT2D eigenvalue weighted by atomic mass is 10.1. The summed E-state index contributed by atoms with van der Waals surface area (Å²) in [5.74, 6) is -0.00984. The summed E-state index contributed by atoms with van der Waals surface area (Å²) in [7, 11) is 0. The van der Waals surface area contributed by atoms with Crippen LogP contribution in [-0.2, 0) is 28.7 Å². The lowest BCUT2D eigenvalue weighted by Gasteiger charge is -2.11. The summed E-state index contributed by atoms with van der Waals surface area (Å²) in [6, 6.07) is 26.7. The molecule has 0 spiro atoms. The summed E-state index contributed by atoms with van der Waals surface area (Å²) in [5, 5.41) is 0. The fourth-order valence-electron chi connectivity index (χ4n) is 6.27. The van der Waals surface area contributed by atoms with Gasteiger partial charge in [-0.25, -0.2) is 23.6 Å². The van der Waals surface area contributed by atoms with Crippen LogP contribution in [0.2, 0.25) is 0 Å². The molecule has 2 saturated heterocycles. The first-order valence-electron chi connectivity index (χ1n) is 20.1. The Hall–Kier alpha value is -6.75. The van der Waals surface area contributed by atoms with Gasteiger partial charge < -0.3 is 28.4 Å². The Balaban J connectivity index is 0.000000254. The summed E-state index contributed by atoms with van der Waals surface area (Å²) in [5.41, 5.74) is 5.31. The molecule has 6 rings (SSSR count). The summed E-state index contributed by atoms with van der Waals surface area (Å²) in [4.78, 5) is 45.6. The number of hydrogen-bond acceptors (Lipinski definition) is 10. The number of hydrogen-bond donors (Lipinski definition) is 0. The summed E-state index contributed by atoms with van der Waals surface area (Å²) in [6.45, 7) is 18.6. The van der Waals surface area contributed by atoms with Gasteiger partial charge in [0.25, 0.3) is 0 Å². The lowest BCUT2D eigenvalue weighted by Crippen LogP contribution is -2.08. The number of carbonyl (C=O) groups excluding carboxylic acids is 4. The zero-order chi connectivity index (χ0) is 43.9. The number of esters is 4. The van der Waals surface area contributed by atoms with E-state index in [1.165, 1.54) is 6.07 Å². The third kappa shape index (κ3) is 13.9. The van der Waals surface area contributed by atoms with E-state index in [-0.39, 0.29) is 29.9 Å². The van der Waals surface area contributed by atoms with Gasteiger partial charge in [-0.2, -0.15) is 0 Å². The molecule has 0 N–H and O–H groups in total. The number of unbranched alkanes of at least 4 members (excludes halogenated alkanes) is 2. The molecule has 2 aliphatic rings. The van der Waals surface area contributed by atoms with Crippen LogP contribution in [0.25, 0.3) is 22.3 Å². The largest absolute Gasteiger partial charge is 0.494 e. The van der Waals surface area contributed by atoms with Gasteiger partial charge in [-0.05, 0) is 123 Å². The molecule has 2 fully saturated rings. The van der Waals surface area contributed by atoms with Crippen molar-refractivity contribution in [2.45, 2.75) is 77.4 Å². The maximum atomic E-state index is 14.6. The minimum atomic E-state index is -0.452. The zero-order valence-electron chi connectivity index (χ0n) is 34.7. The number of cyclic esters (lactones) is 2. The number of halogens is 1. The molecule has 11 heteroatoms. The minimum absolute atomic E-state index is 0.0533. The van der Waals surface area contributed by atoms with E-state index in [4.69, 9.17) is 28.4 Å². The molecule has 2 heterocycles. The first-order valence-corrected chi connectivity index (χ1v) is 20.1. The SMILES string of the molecule is C=C(C)C(=O)Oc1ccc(-c2ccc(OC(=O)C(=C)C)cc2)cc1.C=C1CC(CCCCOc2ccc(-c3ccc(OCCCCC4CC(=C)C(=O)O4)c(F)c3)cc2)OC1=O. The molecule has 318 valence electrons. The molecule has 2 atom stereocenters. The molecule has 0 radical (unpaired) electrons. The zero-order valence-corrected chi connectivity index (χ0v) is 34.7. The van der Waals surface area contributed by atoms with E-state index in [1.807, 2.05) is 54.6 Å². The molecule has 0 aromatic heterocycles. The van der Waals surface area contributed by atoms with E-state index in [0.717, 1.165) is 66.5 Å². The molecule has 10 nitrogen and oxygen atoms in total. The van der Waals surface area contributed by atoms with Gasteiger partial charge in [0, 0.05) is 35.1 Å². The Morgan fingerprint density at radius 1 is 0.590 bits per heavy atom. The average molecular weight is 831 g/mol. The van der Waals surface area contributed by atoms with Crippen LogP contribution in [0.1, 0.15) is 65.2 Å². The highest BCUT2D eigenvalue weighted by Gasteiger charge is 2.27. The Kier molecular flexibility index (Phi) is 16.4. The van der Waals surface area contributed by atoms with Crippen LogP contribution in [0.3, 0.4) is 0 Å². The minimum Gasteiger partial charge on any atom is -0.494 e. The van der Waals surface area contributed by atoms with Gasteiger partial charge in [-0.15, -0.1) is 0 Å². The van der Waals surface area contributed by atoms with Gasteiger partial charge in [0.15, 0.2) is 11.6 Å². The van der Waals surface area contributed by atoms with Crippen LogP contribution in [0.15, 0.2) is 140 Å². The predicted octanol–water partition coefficient (Wildman–Crippen LogP) is 10.7. The standard InChI is InChI=1S/C30H33FO6.C20H18O4/c1-20-17-25(36-29(20)32)7-3-5-15-34-24-12-9-22(10-13-24)23-11-14-28(27(31)19-23)35-16-6-4-8-26-18-21(2)30(33)37-26;1-13(2)19(21)23-17-9-5-15(6-10-17)16-7-11-18(12-8-16)24-20(22)14(3)4/h9-14,19,25-26H,1-8,15-18H2;5-12H,1,3H2,2,4H3. The van der Waals surface area contributed by atoms with Crippen LogP contribution in [-0.4, -0.2) is 49.3 Å². The third-order valence-corrected chi connectivity index (χ3v) is 9.72. The number of ether oxygens (including phenoxy) is 6. The molecule has 0 amide bonds. The fraction of sp³-hybridized carbons (Fsp3) is 0.280. The van der Waals surface area contributed by atoms with Crippen molar-refractivity contribution < 1.29 is 52.0 Å². The van der Waals surface area contributed by atoms with Gasteiger partial charge in [0.2, 0.25) is 0 Å².